The normalized spacial score (nSPS) is 15.6. The van der Waals surface area contributed by atoms with Gasteiger partial charge in [-0.25, -0.2) is 5.06 Å². The summed E-state index contributed by atoms with van der Waals surface area (Å²) in [6.07, 6.45) is 0.913. The summed E-state index contributed by atoms with van der Waals surface area (Å²) in [6.45, 7) is 5.42. The van der Waals surface area contributed by atoms with E-state index in [9.17, 15) is 4.79 Å². The van der Waals surface area contributed by atoms with Crippen LogP contribution in [-0.2, 0) is 4.84 Å². The first kappa shape index (κ1) is 11.3. The Bertz CT molecular complexity index is 610. The molecule has 18 heavy (non-hydrogen) atoms. The molecule has 0 radical (unpaired) electrons. The number of carbonyl (C=O) groups excluding carboxylic acids is 1. The van der Waals surface area contributed by atoms with Crippen molar-refractivity contribution in [1.82, 2.24) is 10.0 Å². The third-order valence-electron chi connectivity index (χ3n) is 3.53. The molecule has 2 heterocycles. The average Bonchev–Trinajstić information content (AvgIpc) is 2.99. The maximum Gasteiger partial charge on any atom is 0.277 e. The van der Waals surface area contributed by atoms with Crippen LogP contribution in [0.25, 0.3) is 10.9 Å². The molecule has 4 heteroatoms. The smallest absolute Gasteiger partial charge is 0.277 e. The summed E-state index contributed by atoms with van der Waals surface area (Å²) in [6, 6.07) is 5.75. The molecule has 0 aliphatic carbocycles. The van der Waals surface area contributed by atoms with Crippen molar-refractivity contribution in [3.63, 3.8) is 0 Å². The zero-order valence-corrected chi connectivity index (χ0v) is 10.6. The van der Waals surface area contributed by atoms with Crippen LogP contribution < -0.4 is 0 Å². The van der Waals surface area contributed by atoms with Gasteiger partial charge < -0.3 is 4.98 Å². The number of hydrogen-bond donors (Lipinski definition) is 1. The fourth-order valence-corrected chi connectivity index (χ4v) is 2.35. The molecule has 1 aliphatic rings. The van der Waals surface area contributed by atoms with Crippen LogP contribution in [0.5, 0.6) is 0 Å². The first-order chi connectivity index (χ1) is 8.66. The first-order valence-corrected chi connectivity index (χ1v) is 6.20. The van der Waals surface area contributed by atoms with Gasteiger partial charge in [-0.1, -0.05) is 0 Å². The summed E-state index contributed by atoms with van der Waals surface area (Å²) in [5.41, 5.74) is 4.10. The quantitative estimate of drug-likeness (QED) is 0.838. The van der Waals surface area contributed by atoms with E-state index in [1.54, 1.807) is 0 Å². The van der Waals surface area contributed by atoms with Crippen molar-refractivity contribution in [2.75, 3.05) is 13.2 Å². The lowest BCUT2D eigenvalue weighted by Gasteiger charge is -2.13. The molecule has 1 aliphatic heterocycles. The number of nitrogens with one attached hydrogen (secondary N) is 1. The number of aryl methyl sites for hydroxylation is 2. The summed E-state index contributed by atoms with van der Waals surface area (Å²) in [4.78, 5) is 20.8. The number of aromatic nitrogens is 1. The monoisotopic (exact) mass is 244 g/mol. The van der Waals surface area contributed by atoms with E-state index in [2.05, 4.69) is 11.9 Å². The number of carbonyl (C=O) groups is 1. The number of nitrogens with zero attached hydrogens (tertiary/aromatic N) is 1. The molecule has 0 bridgehead atoms. The minimum Gasteiger partial charge on any atom is -0.358 e. The molecule has 0 unspecified atom stereocenters. The Hall–Kier alpha value is -1.81. The predicted octanol–water partition coefficient (Wildman–Crippen LogP) is 2.56. The highest BCUT2D eigenvalue weighted by Gasteiger charge is 2.21. The number of fused-ring (bicyclic) bond motifs is 1. The Morgan fingerprint density at radius 2 is 2.22 bits per heavy atom. The fourth-order valence-electron chi connectivity index (χ4n) is 2.35. The van der Waals surface area contributed by atoms with Crippen LogP contribution in [0.4, 0.5) is 0 Å². The lowest BCUT2D eigenvalue weighted by molar-refractivity contribution is -0.0768. The van der Waals surface area contributed by atoms with E-state index in [0.29, 0.717) is 18.7 Å². The number of amides is 1. The molecule has 1 aromatic carbocycles. The second-order valence-electron chi connectivity index (χ2n) is 4.73. The number of hydrogen-bond acceptors (Lipinski definition) is 2. The third-order valence-corrected chi connectivity index (χ3v) is 3.53. The van der Waals surface area contributed by atoms with Gasteiger partial charge in [0.05, 0.1) is 13.2 Å². The zero-order valence-electron chi connectivity index (χ0n) is 10.6. The van der Waals surface area contributed by atoms with Crippen molar-refractivity contribution < 1.29 is 9.63 Å². The number of aromatic amines is 1. The molecule has 1 fully saturated rings. The van der Waals surface area contributed by atoms with Crippen LogP contribution in [0, 0.1) is 13.8 Å². The van der Waals surface area contributed by atoms with Gasteiger partial charge in [-0.3, -0.25) is 9.63 Å². The van der Waals surface area contributed by atoms with Gasteiger partial charge in [0.15, 0.2) is 0 Å². The molecule has 0 spiro atoms. The van der Waals surface area contributed by atoms with Crippen molar-refractivity contribution >= 4 is 16.8 Å². The van der Waals surface area contributed by atoms with Crippen molar-refractivity contribution in [1.29, 1.82) is 0 Å². The van der Waals surface area contributed by atoms with Gasteiger partial charge in [0.2, 0.25) is 0 Å². The van der Waals surface area contributed by atoms with Crippen LogP contribution in [0.2, 0.25) is 0 Å². The maximum absolute atomic E-state index is 12.2. The van der Waals surface area contributed by atoms with Gasteiger partial charge in [0, 0.05) is 22.2 Å². The lowest BCUT2D eigenvalue weighted by Crippen LogP contribution is -2.26. The molecule has 0 saturated carbocycles. The van der Waals surface area contributed by atoms with Crippen molar-refractivity contribution in [2.24, 2.45) is 0 Å². The summed E-state index contributed by atoms with van der Waals surface area (Å²) in [5.74, 6) is -0.0485. The van der Waals surface area contributed by atoms with Crippen molar-refractivity contribution in [3.05, 3.63) is 35.0 Å². The Morgan fingerprint density at radius 3 is 2.94 bits per heavy atom. The largest absolute Gasteiger partial charge is 0.358 e. The fraction of sp³-hybridized carbons (Fsp3) is 0.357. The molecule has 4 nitrogen and oxygen atoms in total. The summed E-state index contributed by atoms with van der Waals surface area (Å²) in [5, 5.41) is 2.56. The van der Waals surface area contributed by atoms with E-state index >= 15 is 0 Å². The van der Waals surface area contributed by atoms with E-state index in [-0.39, 0.29) is 5.91 Å². The van der Waals surface area contributed by atoms with Gasteiger partial charge in [0.25, 0.3) is 5.91 Å². The van der Waals surface area contributed by atoms with Crippen LogP contribution in [0.3, 0.4) is 0 Å². The SMILES string of the molecule is Cc1[nH]c2ccc(C(=O)N3CCCO3)cc2c1C. The second-order valence-corrected chi connectivity index (χ2v) is 4.73. The number of rotatable bonds is 1. The number of benzene rings is 1. The first-order valence-electron chi connectivity index (χ1n) is 6.20. The van der Waals surface area contributed by atoms with Gasteiger partial charge in [-0.2, -0.15) is 0 Å². The summed E-state index contributed by atoms with van der Waals surface area (Å²) < 4.78 is 0. The molecule has 1 amide bonds. The molecule has 1 aromatic heterocycles. The highest BCUT2D eigenvalue weighted by molar-refractivity contribution is 5.98. The van der Waals surface area contributed by atoms with Crippen LogP contribution >= 0.6 is 0 Å². The topological polar surface area (TPSA) is 45.3 Å². The molecule has 1 N–H and O–H groups in total. The standard InChI is InChI=1S/C14H16N2O2/c1-9-10(2)15-13-5-4-11(8-12(9)13)14(17)16-6-3-7-18-16/h4-5,8,15H,3,6-7H2,1-2H3. The van der Waals surface area contributed by atoms with E-state index in [4.69, 9.17) is 4.84 Å². The third kappa shape index (κ3) is 1.69. The highest BCUT2D eigenvalue weighted by atomic mass is 16.7. The van der Waals surface area contributed by atoms with Crippen molar-refractivity contribution in [2.45, 2.75) is 20.3 Å². The van der Waals surface area contributed by atoms with Crippen molar-refractivity contribution in [3.8, 4) is 0 Å². The highest BCUT2D eigenvalue weighted by Crippen LogP contribution is 2.23. The van der Waals surface area contributed by atoms with E-state index in [1.807, 2.05) is 25.1 Å². The van der Waals surface area contributed by atoms with Crippen LogP contribution in [-0.4, -0.2) is 29.1 Å². The average molecular weight is 244 g/mol. The van der Waals surface area contributed by atoms with E-state index in [0.717, 1.165) is 23.0 Å². The molecule has 1 saturated heterocycles. The lowest BCUT2D eigenvalue weighted by atomic mass is 10.1. The van der Waals surface area contributed by atoms with Gasteiger partial charge in [-0.05, 0) is 44.0 Å². The van der Waals surface area contributed by atoms with Gasteiger partial charge in [-0.15, -0.1) is 0 Å². The predicted molar refractivity (Wildman–Crippen MR) is 69.4 cm³/mol. The number of hydroxylamine groups is 2. The maximum atomic E-state index is 12.2. The molecule has 0 atom stereocenters. The summed E-state index contributed by atoms with van der Waals surface area (Å²) in [7, 11) is 0. The molecule has 94 valence electrons. The molecule has 2 aromatic rings. The molecular weight excluding hydrogens is 228 g/mol. The minimum atomic E-state index is -0.0485. The second kappa shape index (κ2) is 4.14. The Kier molecular flexibility index (Phi) is 2.59. The number of H-pyrrole nitrogens is 1. The van der Waals surface area contributed by atoms with E-state index < -0.39 is 0 Å². The molecule has 3 rings (SSSR count). The summed E-state index contributed by atoms with van der Waals surface area (Å²) >= 11 is 0. The minimum absolute atomic E-state index is 0.0485. The van der Waals surface area contributed by atoms with Crippen LogP contribution in [0.1, 0.15) is 28.0 Å². The molecular formula is C14H16N2O2. The van der Waals surface area contributed by atoms with E-state index in [1.165, 1.54) is 10.6 Å². The Morgan fingerprint density at radius 1 is 1.39 bits per heavy atom. The van der Waals surface area contributed by atoms with Gasteiger partial charge in [0.1, 0.15) is 0 Å². The van der Waals surface area contributed by atoms with Crippen LogP contribution in [0.15, 0.2) is 18.2 Å². The zero-order chi connectivity index (χ0) is 12.7. The Labute approximate surface area is 105 Å². The Balaban J connectivity index is 2.02. The van der Waals surface area contributed by atoms with Gasteiger partial charge >= 0.3 is 0 Å².